The monoisotopic (exact) mass is 307 g/mol. The molecule has 1 aromatic carbocycles. The first-order chi connectivity index (χ1) is 8.04. The first-order valence-corrected chi connectivity index (χ1v) is 5.82. The largest absolute Gasteiger partial charge is 0.468 e. The van der Waals surface area contributed by atoms with Crippen molar-refractivity contribution in [1.82, 2.24) is 5.32 Å². The lowest BCUT2D eigenvalue weighted by molar-refractivity contribution is -0.139. The summed E-state index contributed by atoms with van der Waals surface area (Å²) in [5, 5.41) is 2.83. The van der Waals surface area contributed by atoms with Crippen molar-refractivity contribution in [2.24, 2.45) is 0 Å². The fourth-order valence-electron chi connectivity index (χ4n) is 1.22. The quantitative estimate of drug-likeness (QED) is 0.668. The van der Waals surface area contributed by atoms with Crippen LogP contribution in [0.15, 0.2) is 18.2 Å². The van der Waals surface area contributed by atoms with Crippen molar-refractivity contribution in [2.45, 2.75) is 11.4 Å². The van der Waals surface area contributed by atoms with Gasteiger partial charge in [0.2, 0.25) is 0 Å². The van der Waals surface area contributed by atoms with E-state index >= 15 is 0 Å². The van der Waals surface area contributed by atoms with Gasteiger partial charge in [-0.2, -0.15) is 0 Å². The number of esters is 1. The van der Waals surface area contributed by atoms with Crippen LogP contribution in [0.4, 0.5) is 8.78 Å². The molecule has 0 saturated carbocycles. The minimum absolute atomic E-state index is 0.142. The molecule has 0 aromatic heterocycles. The Morgan fingerprint density at radius 3 is 2.88 bits per heavy atom. The Morgan fingerprint density at radius 2 is 2.24 bits per heavy atom. The van der Waals surface area contributed by atoms with E-state index in [4.69, 9.17) is 0 Å². The maximum atomic E-state index is 13.2. The zero-order valence-corrected chi connectivity index (χ0v) is 10.8. The molecule has 1 unspecified atom stereocenters. The third-order valence-electron chi connectivity index (χ3n) is 2.10. The number of carbonyl (C=O) groups excluding carboxylic acids is 1. The highest BCUT2D eigenvalue weighted by atomic mass is 79.9. The molecule has 0 heterocycles. The predicted molar refractivity (Wildman–Crippen MR) is 62.8 cm³/mol. The van der Waals surface area contributed by atoms with Gasteiger partial charge in [-0.05, 0) is 18.2 Å². The summed E-state index contributed by atoms with van der Waals surface area (Å²) in [5.41, 5.74) is 0.217. The molecular weight excluding hydrogens is 296 g/mol. The van der Waals surface area contributed by atoms with Crippen LogP contribution in [0, 0.1) is 11.6 Å². The van der Waals surface area contributed by atoms with Crippen LogP contribution >= 0.6 is 15.9 Å². The number of carbonyl (C=O) groups is 1. The van der Waals surface area contributed by atoms with Gasteiger partial charge in [0, 0.05) is 18.7 Å². The van der Waals surface area contributed by atoms with Crippen molar-refractivity contribution in [3.63, 3.8) is 0 Å². The topological polar surface area (TPSA) is 38.3 Å². The summed E-state index contributed by atoms with van der Waals surface area (Å²) in [6, 6.07) is 3.24. The van der Waals surface area contributed by atoms with Gasteiger partial charge in [0.25, 0.3) is 0 Å². The Labute approximate surface area is 106 Å². The lowest BCUT2D eigenvalue weighted by Gasteiger charge is -2.09. The Kier molecular flexibility index (Phi) is 5.50. The second kappa shape index (κ2) is 6.66. The second-order valence-electron chi connectivity index (χ2n) is 3.36. The van der Waals surface area contributed by atoms with E-state index in [2.05, 4.69) is 26.0 Å². The Balaban J connectivity index is 2.45. The molecule has 0 spiro atoms. The first-order valence-electron chi connectivity index (χ1n) is 4.91. The van der Waals surface area contributed by atoms with Crippen LogP contribution in [0.2, 0.25) is 0 Å². The lowest BCUT2D eigenvalue weighted by Crippen LogP contribution is -2.29. The van der Waals surface area contributed by atoms with E-state index in [0.717, 1.165) is 18.2 Å². The molecule has 0 radical (unpaired) electrons. The van der Waals surface area contributed by atoms with Crippen molar-refractivity contribution < 1.29 is 18.3 Å². The zero-order valence-electron chi connectivity index (χ0n) is 9.17. The molecule has 6 heteroatoms. The van der Waals surface area contributed by atoms with Gasteiger partial charge < -0.3 is 10.1 Å². The van der Waals surface area contributed by atoms with Crippen LogP contribution in [-0.4, -0.2) is 24.5 Å². The van der Waals surface area contributed by atoms with Crippen LogP contribution in [0.1, 0.15) is 5.56 Å². The Hall–Kier alpha value is -1.01. The Morgan fingerprint density at radius 1 is 1.53 bits per heavy atom. The van der Waals surface area contributed by atoms with Crippen molar-refractivity contribution in [3.05, 3.63) is 35.4 Å². The highest BCUT2D eigenvalue weighted by Gasteiger charge is 2.14. The van der Waals surface area contributed by atoms with E-state index in [-0.39, 0.29) is 18.7 Å². The molecule has 0 amide bonds. The number of alkyl halides is 1. The normalized spacial score (nSPS) is 12.2. The minimum atomic E-state index is -0.510. The van der Waals surface area contributed by atoms with Crippen LogP contribution in [0.3, 0.4) is 0 Å². The maximum absolute atomic E-state index is 13.2. The molecule has 0 aliphatic heterocycles. The van der Waals surface area contributed by atoms with Gasteiger partial charge in [-0.25, -0.2) is 8.78 Å². The van der Waals surface area contributed by atoms with E-state index in [9.17, 15) is 13.6 Å². The van der Waals surface area contributed by atoms with Crippen molar-refractivity contribution >= 4 is 21.9 Å². The van der Waals surface area contributed by atoms with Gasteiger partial charge in [0.05, 0.1) is 7.11 Å². The molecule has 0 aliphatic carbocycles. The number of halogens is 3. The van der Waals surface area contributed by atoms with Crippen LogP contribution in [0.5, 0.6) is 0 Å². The summed E-state index contributed by atoms with van der Waals surface area (Å²) >= 11 is 3.11. The van der Waals surface area contributed by atoms with E-state index in [1.54, 1.807) is 0 Å². The number of hydrogen-bond acceptors (Lipinski definition) is 3. The zero-order chi connectivity index (χ0) is 12.8. The molecule has 1 N–H and O–H groups in total. The summed E-state index contributed by atoms with van der Waals surface area (Å²) < 4.78 is 30.5. The summed E-state index contributed by atoms with van der Waals surface area (Å²) in [6.07, 6.45) is 0. The second-order valence-corrected chi connectivity index (χ2v) is 4.46. The van der Waals surface area contributed by atoms with Gasteiger partial charge in [-0.15, -0.1) is 0 Å². The summed E-state index contributed by atoms with van der Waals surface area (Å²) in [7, 11) is 1.28. The maximum Gasteiger partial charge on any atom is 0.320 e. The van der Waals surface area contributed by atoms with E-state index in [1.165, 1.54) is 7.11 Å². The summed E-state index contributed by atoms with van der Waals surface area (Å²) in [5.74, 6) is -1.40. The Bertz CT molecular complexity index is 401. The number of methoxy groups -OCH3 is 1. The summed E-state index contributed by atoms with van der Waals surface area (Å²) in [6.45, 7) is 0.408. The molecule has 0 bridgehead atoms. The van der Waals surface area contributed by atoms with Gasteiger partial charge in [0.15, 0.2) is 0 Å². The summed E-state index contributed by atoms with van der Waals surface area (Å²) in [4.78, 5) is 10.5. The van der Waals surface area contributed by atoms with E-state index in [1.807, 2.05) is 0 Å². The molecule has 1 aromatic rings. The van der Waals surface area contributed by atoms with Gasteiger partial charge in [-0.1, -0.05) is 15.9 Å². The van der Waals surface area contributed by atoms with E-state index in [0.29, 0.717) is 0 Å². The van der Waals surface area contributed by atoms with Crippen LogP contribution in [-0.2, 0) is 16.1 Å². The number of benzene rings is 1. The first kappa shape index (κ1) is 14.1. The highest BCUT2D eigenvalue weighted by molar-refractivity contribution is 9.10. The number of nitrogens with one attached hydrogen (secondary N) is 1. The number of rotatable bonds is 5. The van der Waals surface area contributed by atoms with Gasteiger partial charge in [0.1, 0.15) is 16.5 Å². The fraction of sp³-hybridized carbons (Fsp3) is 0.364. The standard InChI is InChI=1S/C11H12BrF2NO2/c1-17-11(16)9(12)6-15-5-7-4-8(13)2-3-10(7)14/h2-4,9,15H,5-6H2,1H3. The van der Waals surface area contributed by atoms with Crippen molar-refractivity contribution in [1.29, 1.82) is 0 Å². The number of hydrogen-bond donors (Lipinski definition) is 1. The average molecular weight is 308 g/mol. The third kappa shape index (κ3) is 4.40. The van der Waals surface area contributed by atoms with Crippen LogP contribution in [0.25, 0.3) is 0 Å². The minimum Gasteiger partial charge on any atom is -0.468 e. The van der Waals surface area contributed by atoms with Gasteiger partial charge >= 0.3 is 5.97 Å². The van der Waals surface area contributed by atoms with E-state index < -0.39 is 22.4 Å². The molecule has 1 atom stereocenters. The molecule has 17 heavy (non-hydrogen) atoms. The smallest absolute Gasteiger partial charge is 0.320 e. The van der Waals surface area contributed by atoms with Crippen molar-refractivity contribution in [3.8, 4) is 0 Å². The lowest BCUT2D eigenvalue weighted by atomic mass is 10.2. The van der Waals surface area contributed by atoms with Gasteiger partial charge in [-0.3, -0.25) is 4.79 Å². The number of ether oxygens (including phenoxy) is 1. The molecular formula is C11H12BrF2NO2. The van der Waals surface area contributed by atoms with Crippen molar-refractivity contribution in [2.75, 3.05) is 13.7 Å². The average Bonchev–Trinajstić information content (AvgIpc) is 2.32. The fourth-order valence-corrected chi connectivity index (χ4v) is 1.64. The molecule has 3 nitrogen and oxygen atoms in total. The third-order valence-corrected chi connectivity index (χ3v) is 2.80. The predicted octanol–water partition coefficient (Wildman–Crippen LogP) is 1.99. The molecule has 1 rings (SSSR count). The SMILES string of the molecule is COC(=O)C(Br)CNCc1cc(F)ccc1F. The highest BCUT2D eigenvalue weighted by Crippen LogP contribution is 2.09. The van der Waals surface area contributed by atoms with Crippen LogP contribution < -0.4 is 5.32 Å². The molecule has 0 aliphatic rings. The molecule has 94 valence electrons. The molecule has 0 saturated heterocycles. The molecule has 0 fully saturated rings.